The van der Waals surface area contributed by atoms with Crippen molar-refractivity contribution in [2.24, 2.45) is 0 Å². The van der Waals surface area contributed by atoms with Crippen LogP contribution in [0.2, 0.25) is 0 Å². The number of amides is 2. The molecule has 0 saturated carbocycles. The van der Waals surface area contributed by atoms with Crippen molar-refractivity contribution < 1.29 is 13.6 Å². The van der Waals surface area contributed by atoms with Gasteiger partial charge in [0, 0.05) is 25.9 Å². The van der Waals surface area contributed by atoms with Crippen LogP contribution in [0.15, 0.2) is 6.07 Å². The molecule has 2 rings (SSSR count). The molecule has 0 spiro atoms. The van der Waals surface area contributed by atoms with E-state index >= 15 is 0 Å². The van der Waals surface area contributed by atoms with Gasteiger partial charge in [-0.1, -0.05) is 0 Å². The number of urea groups is 1. The van der Waals surface area contributed by atoms with Crippen molar-refractivity contribution in [1.29, 1.82) is 0 Å². The lowest BCUT2D eigenvalue weighted by molar-refractivity contribution is -0.0121. The summed E-state index contributed by atoms with van der Waals surface area (Å²) in [5, 5.41) is 10.4. The van der Waals surface area contributed by atoms with Crippen LogP contribution in [0.25, 0.3) is 0 Å². The Labute approximate surface area is 116 Å². The summed E-state index contributed by atoms with van der Waals surface area (Å²) >= 11 is 0. The van der Waals surface area contributed by atoms with E-state index in [0.717, 1.165) is 11.3 Å². The molecule has 0 aliphatic carbocycles. The van der Waals surface area contributed by atoms with Gasteiger partial charge in [0.25, 0.3) is 0 Å². The van der Waals surface area contributed by atoms with E-state index in [-0.39, 0.29) is 19.4 Å². The molecular formula is C13H18F2N4O. The summed E-state index contributed by atoms with van der Waals surface area (Å²) in [5.74, 6) is -2.33. The van der Waals surface area contributed by atoms with Crippen molar-refractivity contribution >= 4 is 11.8 Å². The van der Waals surface area contributed by atoms with Crippen LogP contribution < -0.4 is 5.32 Å². The highest BCUT2D eigenvalue weighted by molar-refractivity contribution is 5.88. The number of carbonyl (C=O) groups is 1. The molecule has 1 saturated heterocycles. The van der Waals surface area contributed by atoms with Gasteiger partial charge in [-0.3, -0.25) is 5.32 Å². The molecule has 5 nitrogen and oxygen atoms in total. The van der Waals surface area contributed by atoms with Gasteiger partial charge >= 0.3 is 6.03 Å². The van der Waals surface area contributed by atoms with Gasteiger partial charge in [-0.15, -0.1) is 5.10 Å². The highest BCUT2D eigenvalue weighted by Gasteiger charge is 2.33. The molecule has 2 amide bonds. The maximum Gasteiger partial charge on any atom is 0.323 e. The number of likely N-dealkylation sites (tertiary alicyclic amines) is 1. The second-order valence-corrected chi connectivity index (χ2v) is 5.12. The molecule has 0 unspecified atom stereocenters. The predicted molar refractivity (Wildman–Crippen MR) is 70.9 cm³/mol. The number of halogens is 2. The number of hydrogen-bond acceptors (Lipinski definition) is 3. The maximum atomic E-state index is 13.2. The number of carbonyl (C=O) groups excluding carboxylic acids is 1. The Kier molecular flexibility index (Phi) is 4.15. The zero-order chi connectivity index (χ0) is 14.8. The summed E-state index contributed by atoms with van der Waals surface area (Å²) in [4.78, 5) is 13.4. The van der Waals surface area contributed by atoms with Crippen LogP contribution in [0, 0.1) is 13.8 Å². The third kappa shape index (κ3) is 3.61. The second-order valence-electron chi connectivity index (χ2n) is 5.12. The van der Waals surface area contributed by atoms with Crippen molar-refractivity contribution in [1.82, 2.24) is 15.1 Å². The first-order chi connectivity index (χ1) is 9.37. The van der Waals surface area contributed by atoms with Crippen LogP contribution in [0.3, 0.4) is 0 Å². The first-order valence-electron chi connectivity index (χ1n) is 6.62. The number of alkyl halides is 2. The summed E-state index contributed by atoms with van der Waals surface area (Å²) in [6.07, 6.45) is -0.154. The molecule has 1 aromatic heterocycles. The molecular weight excluding hydrogens is 266 g/mol. The minimum absolute atomic E-state index is 0.0527. The zero-order valence-electron chi connectivity index (χ0n) is 11.6. The zero-order valence-corrected chi connectivity index (χ0v) is 11.6. The van der Waals surface area contributed by atoms with Crippen LogP contribution in [0.5, 0.6) is 0 Å². The van der Waals surface area contributed by atoms with E-state index in [1.807, 2.05) is 13.8 Å². The fourth-order valence-electron chi connectivity index (χ4n) is 2.06. The number of rotatable bonds is 1. The van der Waals surface area contributed by atoms with Crippen LogP contribution >= 0.6 is 0 Å². The number of aryl methyl sites for hydroxylation is 2. The van der Waals surface area contributed by atoms with Crippen LogP contribution in [0.1, 0.15) is 30.5 Å². The molecule has 20 heavy (non-hydrogen) atoms. The summed E-state index contributed by atoms with van der Waals surface area (Å²) in [6, 6.07) is 1.31. The quantitative estimate of drug-likeness (QED) is 0.862. The topological polar surface area (TPSA) is 58.1 Å². The van der Waals surface area contributed by atoms with Gasteiger partial charge in [-0.25, -0.2) is 13.6 Å². The van der Waals surface area contributed by atoms with Crippen molar-refractivity contribution in [2.45, 2.75) is 39.0 Å². The van der Waals surface area contributed by atoms with Crippen molar-refractivity contribution in [3.63, 3.8) is 0 Å². The van der Waals surface area contributed by atoms with E-state index < -0.39 is 12.0 Å². The van der Waals surface area contributed by atoms with Gasteiger partial charge in [0.15, 0.2) is 5.82 Å². The summed E-state index contributed by atoms with van der Waals surface area (Å²) in [6.45, 7) is 4.08. The van der Waals surface area contributed by atoms with Crippen molar-refractivity contribution in [3.05, 3.63) is 17.3 Å². The molecule has 1 aliphatic rings. The van der Waals surface area contributed by atoms with Crippen molar-refractivity contribution in [2.75, 3.05) is 18.4 Å². The predicted octanol–water partition coefficient (Wildman–Crippen LogP) is 2.75. The summed E-state index contributed by atoms with van der Waals surface area (Å²) in [7, 11) is 0. The minimum atomic E-state index is -2.67. The van der Waals surface area contributed by atoms with Gasteiger partial charge in [-0.05, 0) is 31.9 Å². The Bertz CT molecular complexity index is 507. The van der Waals surface area contributed by atoms with E-state index in [1.54, 1.807) is 6.07 Å². The van der Waals surface area contributed by atoms with Crippen molar-refractivity contribution in [3.8, 4) is 0 Å². The van der Waals surface area contributed by atoms with E-state index in [2.05, 4.69) is 15.5 Å². The molecule has 1 fully saturated rings. The third-order valence-electron chi connectivity index (χ3n) is 3.47. The smallest absolute Gasteiger partial charge is 0.323 e. The molecule has 1 aliphatic heterocycles. The molecule has 1 N–H and O–H groups in total. The molecule has 1 aromatic rings. The van der Waals surface area contributed by atoms with Crippen LogP contribution in [0.4, 0.5) is 19.4 Å². The Morgan fingerprint density at radius 3 is 2.75 bits per heavy atom. The molecule has 110 valence electrons. The van der Waals surface area contributed by atoms with Gasteiger partial charge in [0.2, 0.25) is 5.92 Å². The Morgan fingerprint density at radius 2 is 2.05 bits per heavy atom. The largest absolute Gasteiger partial charge is 0.324 e. The highest BCUT2D eigenvalue weighted by Crippen LogP contribution is 2.27. The monoisotopic (exact) mass is 284 g/mol. The SMILES string of the molecule is Cc1cc(NC(=O)N2CCCC(F)(F)CC2)nnc1C. The van der Waals surface area contributed by atoms with Gasteiger partial charge in [0.05, 0.1) is 5.69 Å². The average Bonchev–Trinajstić information content (AvgIpc) is 2.55. The standard InChI is InChI=1S/C13H18F2N4O/c1-9-8-11(18-17-10(9)2)16-12(20)19-6-3-4-13(14,15)5-7-19/h8H,3-7H2,1-2H3,(H,16,18,20). The number of nitrogens with one attached hydrogen (secondary N) is 1. The molecule has 0 radical (unpaired) electrons. The average molecular weight is 284 g/mol. The maximum absolute atomic E-state index is 13.2. The number of hydrogen-bond donors (Lipinski definition) is 1. The lowest BCUT2D eigenvalue weighted by Crippen LogP contribution is -2.36. The molecule has 7 heteroatoms. The van der Waals surface area contributed by atoms with Crippen LogP contribution in [-0.2, 0) is 0 Å². The fraction of sp³-hybridized carbons (Fsp3) is 0.615. The number of aromatic nitrogens is 2. The molecule has 2 heterocycles. The minimum Gasteiger partial charge on any atom is -0.324 e. The summed E-state index contributed by atoms with van der Waals surface area (Å²) < 4.78 is 26.5. The van der Waals surface area contributed by atoms with Gasteiger partial charge in [-0.2, -0.15) is 5.10 Å². The Hall–Kier alpha value is -1.79. The number of nitrogens with zero attached hydrogens (tertiary/aromatic N) is 3. The first-order valence-corrected chi connectivity index (χ1v) is 6.62. The van der Waals surface area contributed by atoms with Gasteiger partial charge in [0.1, 0.15) is 0 Å². The van der Waals surface area contributed by atoms with E-state index in [9.17, 15) is 13.6 Å². The van der Waals surface area contributed by atoms with E-state index in [0.29, 0.717) is 18.8 Å². The normalized spacial score (nSPS) is 18.5. The molecule has 0 bridgehead atoms. The number of anilines is 1. The summed E-state index contributed by atoms with van der Waals surface area (Å²) in [5.41, 5.74) is 1.70. The Morgan fingerprint density at radius 1 is 1.30 bits per heavy atom. The Balaban J connectivity index is 1.99. The fourth-order valence-corrected chi connectivity index (χ4v) is 2.06. The lowest BCUT2D eigenvalue weighted by atomic mass is 10.1. The van der Waals surface area contributed by atoms with E-state index in [1.165, 1.54) is 4.90 Å². The second kappa shape index (κ2) is 5.68. The lowest BCUT2D eigenvalue weighted by Gasteiger charge is -2.20. The first kappa shape index (κ1) is 14.6. The third-order valence-corrected chi connectivity index (χ3v) is 3.47. The van der Waals surface area contributed by atoms with Crippen LogP contribution in [-0.4, -0.2) is 40.1 Å². The molecule has 0 aromatic carbocycles. The molecule has 0 atom stereocenters. The van der Waals surface area contributed by atoms with Gasteiger partial charge < -0.3 is 4.90 Å². The highest BCUT2D eigenvalue weighted by atomic mass is 19.3. The van der Waals surface area contributed by atoms with E-state index in [4.69, 9.17) is 0 Å².